The van der Waals surface area contributed by atoms with Crippen molar-refractivity contribution in [2.24, 2.45) is 0 Å². The van der Waals surface area contributed by atoms with Crippen molar-refractivity contribution in [1.82, 2.24) is 19.9 Å². The smallest absolute Gasteiger partial charge is 0.227 e. The van der Waals surface area contributed by atoms with Crippen LogP contribution in [0.4, 0.5) is 0 Å². The Balaban J connectivity index is 1.01. The molecule has 0 aliphatic rings. The van der Waals surface area contributed by atoms with Crippen molar-refractivity contribution in [3.8, 4) is 67.9 Å². The molecule has 9 aromatic carbocycles. The summed E-state index contributed by atoms with van der Waals surface area (Å²) in [5, 5.41) is 6.27. The molecule has 280 valence electrons. The van der Waals surface area contributed by atoms with Gasteiger partial charge in [-0.1, -0.05) is 146 Å². The van der Waals surface area contributed by atoms with Gasteiger partial charge in [0.2, 0.25) is 5.89 Å². The van der Waals surface area contributed by atoms with Crippen molar-refractivity contribution in [3.05, 3.63) is 194 Å². The number of fused-ring (bicyclic) bond motifs is 7. The molecule has 0 amide bonds. The molecule has 0 aliphatic heterocycles. The van der Waals surface area contributed by atoms with Crippen LogP contribution in [0, 0.1) is 0 Å². The molecule has 0 saturated carbocycles. The molecule has 0 fully saturated rings. The number of furan rings is 1. The molecular weight excluding hydrogens is 737 g/mol. The summed E-state index contributed by atoms with van der Waals surface area (Å²) in [7, 11) is 0. The van der Waals surface area contributed by atoms with E-state index in [4.69, 9.17) is 28.8 Å². The Kier molecular flexibility index (Phi) is 7.74. The van der Waals surface area contributed by atoms with Crippen LogP contribution in [0.25, 0.3) is 122 Å². The highest BCUT2D eigenvalue weighted by Crippen LogP contribution is 2.42. The third kappa shape index (κ3) is 5.65. The van der Waals surface area contributed by atoms with Crippen LogP contribution in [0.15, 0.2) is 203 Å². The van der Waals surface area contributed by atoms with E-state index in [-0.39, 0.29) is 0 Å². The van der Waals surface area contributed by atoms with Crippen molar-refractivity contribution in [2.75, 3.05) is 0 Å². The Hall–Kier alpha value is -8.22. The van der Waals surface area contributed by atoms with Crippen molar-refractivity contribution in [3.63, 3.8) is 0 Å². The number of nitrogens with zero attached hydrogens (tertiary/aromatic N) is 4. The topological polar surface area (TPSA) is 77.8 Å². The molecule has 0 radical (unpaired) electrons. The molecule has 6 heteroatoms. The number of benzene rings is 9. The molecule has 0 atom stereocenters. The van der Waals surface area contributed by atoms with Gasteiger partial charge in [0.15, 0.2) is 23.1 Å². The molecule has 3 aromatic heterocycles. The number of hydrogen-bond acceptors (Lipinski definition) is 6. The van der Waals surface area contributed by atoms with Gasteiger partial charge in [-0.3, -0.25) is 0 Å². The third-order valence-corrected chi connectivity index (χ3v) is 11.4. The van der Waals surface area contributed by atoms with Gasteiger partial charge in [0.05, 0.1) is 0 Å². The van der Waals surface area contributed by atoms with Gasteiger partial charge >= 0.3 is 0 Å². The quantitative estimate of drug-likeness (QED) is 0.168. The molecule has 60 heavy (non-hydrogen) atoms. The Morgan fingerprint density at radius 3 is 1.72 bits per heavy atom. The van der Waals surface area contributed by atoms with E-state index < -0.39 is 0 Å². The first-order chi connectivity index (χ1) is 29.7. The van der Waals surface area contributed by atoms with Crippen LogP contribution in [-0.2, 0) is 0 Å². The van der Waals surface area contributed by atoms with E-state index in [0.29, 0.717) is 23.4 Å². The second-order valence-corrected chi connectivity index (χ2v) is 15.0. The van der Waals surface area contributed by atoms with Gasteiger partial charge < -0.3 is 8.83 Å². The van der Waals surface area contributed by atoms with Crippen molar-refractivity contribution in [1.29, 1.82) is 0 Å². The van der Waals surface area contributed by atoms with Gasteiger partial charge in [-0.05, 0) is 86.9 Å². The summed E-state index contributed by atoms with van der Waals surface area (Å²) >= 11 is 0. The van der Waals surface area contributed by atoms with Gasteiger partial charge in [-0.15, -0.1) is 0 Å². The fraction of sp³-hybridized carbons (Fsp3) is 0. The summed E-state index contributed by atoms with van der Waals surface area (Å²) in [5.41, 5.74) is 11.3. The number of oxazole rings is 1. The zero-order valence-electron chi connectivity index (χ0n) is 32.1. The van der Waals surface area contributed by atoms with E-state index in [2.05, 4.69) is 121 Å². The Morgan fingerprint density at radius 1 is 0.317 bits per heavy atom. The van der Waals surface area contributed by atoms with E-state index in [1.54, 1.807) is 0 Å². The standard InChI is InChI=1S/C54H32N4O2/c1-3-12-33(13-4-1)34-22-24-37(25-23-34)54-55-46-30-26-35-16-11-20-43(49(35)50(46)60-54)41-28-29-44(40-18-8-7-17-39(40)41)53-57-51(36-14-5-2-6-15-36)56-52(58-53)38-27-31-48-45(32-38)42-19-9-10-21-47(42)59-48/h1-32H. The maximum absolute atomic E-state index is 6.69. The summed E-state index contributed by atoms with van der Waals surface area (Å²) in [6, 6.07) is 66.5. The lowest BCUT2D eigenvalue weighted by Gasteiger charge is -2.14. The minimum atomic E-state index is 0.589. The highest BCUT2D eigenvalue weighted by atomic mass is 16.3. The minimum Gasteiger partial charge on any atom is -0.456 e. The van der Waals surface area contributed by atoms with Crippen LogP contribution in [-0.4, -0.2) is 19.9 Å². The molecular formula is C54H32N4O2. The van der Waals surface area contributed by atoms with E-state index in [1.807, 2.05) is 72.8 Å². The van der Waals surface area contributed by atoms with Crippen LogP contribution >= 0.6 is 0 Å². The lowest BCUT2D eigenvalue weighted by Crippen LogP contribution is -2.00. The van der Waals surface area contributed by atoms with Crippen molar-refractivity contribution < 1.29 is 8.83 Å². The normalized spacial score (nSPS) is 11.7. The predicted molar refractivity (Wildman–Crippen MR) is 242 cm³/mol. The summed E-state index contributed by atoms with van der Waals surface area (Å²) in [5.74, 6) is 2.38. The van der Waals surface area contributed by atoms with Crippen LogP contribution in [0.5, 0.6) is 0 Å². The van der Waals surface area contributed by atoms with Crippen LogP contribution in [0.2, 0.25) is 0 Å². The number of aromatic nitrogens is 4. The molecule has 0 saturated heterocycles. The first kappa shape index (κ1) is 33.9. The van der Waals surface area contributed by atoms with Crippen LogP contribution < -0.4 is 0 Å². The lowest BCUT2D eigenvalue weighted by atomic mass is 9.91. The van der Waals surface area contributed by atoms with E-state index in [0.717, 1.165) is 93.5 Å². The first-order valence-electron chi connectivity index (χ1n) is 20.0. The van der Waals surface area contributed by atoms with E-state index in [9.17, 15) is 0 Å². The second kappa shape index (κ2) is 13.7. The molecule has 0 bridgehead atoms. The average molecular weight is 769 g/mol. The minimum absolute atomic E-state index is 0.589. The van der Waals surface area contributed by atoms with E-state index >= 15 is 0 Å². The summed E-state index contributed by atoms with van der Waals surface area (Å²) < 4.78 is 12.8. The molecule has 6 nitrogen and oxygen atoms in total. The Labute approximate surface area is 344 Å². The Bertz CT molecular complexity index is 3590. The van der Waals surface area contributed by atoms with Gasteiger partial charge in [-0.25, -0.2) is 19.9 Å². The number of hydrogen-bond donors (Lipinski definition) is 0. The molecule has 0 N–H and O–H groups in total. The maximum Gasteiger partial charge on any atom is 0.227 e. The maximum atomic E-state index is 6.69. The third-order valence-electron chi connectivity index (χ3n) is 11.4. The second-order valence-electron chi connectivity index (χ2n) is 15.0. The molecule has 0 unspecified atom stereocenters. The highest BCUT2D eigenvalue weighted by Gasteiger charge is 2.20. The zero-order chi connectivity index (χ0) is 39.6. The predicted octanol–water partition coefficient (Wildman–Crippen LogP) is 14.2. The summed E-state index contributed by atoms with van der Waals surface area (Å²) in [6.45, 7) is 0. The van der Waals surface area contributed by atoms with Crippen LogP contribution in [0.1, 0.15) is 0 Å². The van der Waals surface area contributed by atoms with Crippen LogP contribution in [0.3, 0.4) is 0 Å². The molecule has 0 spiro atoms. The van der Waals surface area contributed by atoms with Gasteiger partial charge in [-0.2, -0.15) is 0 Å². The fourth-order valence-electron chi connectivity index (χ4n) is 8.47. The summed E-state index contributed by atoms with van der Waals surface area (Å²) in [4.78, 5) is 20.4. The highest BCUT2D eigenvalue weighted by molar-refractivity contribution is 6.16. The lowest BCUT2D eigenvalue weighted by molar-refractivity contribution is 0.623. The van der Waals surface area contributed by atoms with Gasteiger partial charge in [0, 0.05) is 38.4 Å². The number of rotatable bonds is 6. The fourth-order valence-corrected chi connectivity index (χ4v) is 8.47. The summed E-state index contributed by atoms with van der Waals surface area (Å²) in [6.07, 6.45) is 0. The van der Waals surface area contributed by atoms with Crippen molar-refractivity contribution in [2.45, 2.75) is 0 Å². The Morgan fingerprint density at radius 2 is 0.917 bits per heavy atom. The largest absolute Gasteiger partial charge is 0.456 e. The monoisotopic (exact) mass is 768 g/mol. The van der Waals surface area contributed by atoms with E-state index in [1.165, 1.54) is 5.56 Å². The molecule has 3 heterocycles. The molecule has 0 aliphatic carbocycles. The first-order valence-corrected chi connectivity index (χ1v) is 20.0. The van der Waals surface area contributed by atoms with Crippen molar-refractivity contribution >= 4 is 54.6 Å². The molecule has 12 rings (SSSR count). The van der Waals surface area contributed by atoms with Gasteiger partial charge in [0.25, 0.3) is 0 Å². The van der Waals surface area contributed by atoms with Gasteiger partial charge in [0.1, 0.15) is 16.7 Å². The zero-order valence-corrected chi connectivity index (χ0v) is 32.1. The molecule has 12 aromatic rings. The average Bonchev–Trinajstić information content (AvgIpc) is 3.94. The SMILES string of the molecule is c1ccc(-c2ccc(-c3nc4ccc5cccc(-c6ccc(-c7nc(-c8ccccc8)nc(-c8ccc9oc%10ccccc%10c9c8)n7)c7ccccc67)c5c4o3)cc2)cc1. The number of para-hydroxylation sites is 1.